The van der Waals surface area contributed by atoms with Crippen molar-refractivity contribution in [3.05, 3.63) is 33.9 Å². The minimum Gasteiger partial charge on any atom is -0.478 e. The van der Waals surface area contributed by atoms with Crippen LogP contribution >= 0.6 is 11.6 Å². The first-order chi connectivity index (χ1) is 9.74. The maximum atomic E-state index is 12.9. The summed E-state index contributed by atoms with van der Waals surface area (Å²) >= 11 is 5.89. The molecule has 1 heterocycles. The van der Waals surface area contributed by atoms with Crippen LogP contribution in [-0.2, 0) is 4.79 Å². The predicted octanol–water partition coefficient (Wildman–Crippen LogP) is 3.50. The lowest BCUT2D eigenvalue weighted by atomic mass is 9.99. The predicted molar refractivity (Wildman–Crippen MR) is 70.1 cm³/mol. The van der Waals surface area contributed by atoms with Gasteiger partial charge in [-0.3, -0.25) is 0 Å². The highest BCUT2D eigenvalue weighted by molar-refractivity contribution is 6.32. The van der Waals surface area contributed by atoms with Gasteiger partial charge in [0.25, 0.3) is 0 Å². The molecule has 1 aliphatic heterocycles. The largest absolute Gasteiger partial charge is 0.478 e. The van der Waals surface area contributed by atoms with Crippen LogP contribution in [0, 0.1) is 11.8 Å². The van der Waals surface area contributed by atoms with Crippen molar-refractivity contribution in [1.82, 2.24) is 0 Å². The SMILES string of the molecule is CC#Cc1cc(Cl)c2c(c1)C=C(C(=O)O)C(C(F)(F)F)O2. The quantitative estimate of drug-likeness (QED) is 0.807. The third-order valence-electron chi connectivity index (χ3n) is 2.72. The lowest BCUT2D eigenvalue weighted by Gasteiger charge is -2.27. The van der Waals surface area contributed by atoms with E-state index in [1.54, 1.807) is 6.92 Å². The number of carboxylic acid groups (broad SMARTS) is 1. The molecule has 21 heavy (non-hydrogen) atoms. The molecule has 110 valence electrons. The molecule has 0 saturated heterocycles. The summed E-state index contributed by atoms with van der Waals surface area (Å²) in [4.78, 5) is 11.0. The van der Waals surface area contributed by atoms with Crippen LogP contribution in [0.15, 0.2) is 17.7 Å². The molecule has 1 aromatic carbocycles. The van der Waals surface area contributed by atoms with E-state index in [0.717, 1.165) is 6.08 Å². The fourth-order valence-electron chi connectivity index (χ4n) is 1.90. The van der Waals surface area contributed by atoms with E-state index in [1.807, 2.05) is 0 Å². The van der Waals surface area contributed by atoms with Crippen molar-refractivity contribution >= 4 is 23.6 Å². The lowest BCUT2D eigenvalue weighted by molar-refractivity contribution is -0.187. The van der Waals surface area contributed by atoms with Crippen molar-refractivity contribution in [2.45, 2.75) is 19.2 Å². The highest BCUT2D eigenvalue weighted by Gasteiger charge is 2.48. The third-order valence-corrected chi connectivity index (χ3v) is 3.00. The molecule has 0 spiro atoms. The zero-order chi connectivity index (χ0) is 15.8. The molecule has 1 atom stereocenters. The number of carboxylic acids is 1. The molecule has 0 saturated carbocycles. The Morgan fingerprint density at radius 3 is 2.62 bits per heavy atom. The molecule has 7 heteroatoms. The zero-order valence-corrected chi connectivity index (χ0v) is 11.3. The Kier molecular flexibility index (Phi) is 3.88. The average molecular weight is 317 g/mol. The maximum absolute atomic E-state index is 12.9. The number of aliphatic carboxylic acids is 1. The van der Waals surface area contributed by atoms with Crippen molar-refractivity contribution in [3.63, 3.8) is 0 Å². The molecule has 1 N–H and O–H groups in total. The molecule has 3 nitrogen and oxygen atoms in total. The minimum atomic E-state index is -4.85. The third kappa shape index (κ3) is 2.98. The van der Waals surface area contributed by atoms with E-state index in [9.17, 15) is 18.0 Å². The summed E-state index contributed by atoms with van der Waals surface area (Å²) in [7, 11) is 0. The number of ether oxygens (including phenoxy) is 1. The van der Waals surface area contributed by atoms with Gasteiger partial charge >= 0.3 is 12.1 Å². The number of alkyl halides is 3. The Hall–Kier alpha value is -2.13. The summed E-state index contributed by atoms with van der Waals surface area (Å²) in [5.74, 6) is 3.41. The first-order valence-corrected chi connectivity index (χ1v) is 6.06. The van der Waals surface area contributed by atoms with Gasteiger partial charge in [0.05, 0.1) is 10.6 Å². The molecule has 0 fully saturated rings. The normalized spacial score (nSPS) is 17.0. The van der Waals surface area contributed by atoms with Crippen LogP contribution in [-0.4, -0.2) is 23.4 Å². The molecule has 1 aromatic rings. The number of carbonyl (C=O) groups is 1. The summed E-state index contributed by atoms with van der Waals surface area (Å²) < 4.78 is 43.4. The van der Waals surface area contributed by atoms with E-state index >= 15 is 0 Å². The fraction of sp³-hybridized carbons (Fsp3) is 0.214. The molecular formula is C14H8ClF3O3. The maximum Gasteiger partial charge on any atom is 0.430 e. The molecule has 0 bridgehead atoms. The molecule has 0 radical (unpaired) electrons. The van der Waals surface area contributed by atoms with Crippen LogP contribution in [0.1, 0.15) is 18.1 Å². The van der Waals surface area contributed by atoms with Gasteiger partial charge < -0.3 is 9.84 Å². The van der Waals surface area contributed by atoms with E-state index in [4.69, 9.17) is 21.4 Å². The molecule has 0 aromatic heterocycles. The highest BCUT2D eigenvalue weighted by atomic mass is 35.5. The monoisotopic (exact) mass is 316 g/mol. The summed E-state index contributed by atoms with van der Waals surface area (Å²) in [5.41, 5.74) is -0.290. The van der Waals surface area contributed by atoms with Crippen molar-refractivity contribution in [2.24, 2.45) is 0 Å². The van der Waals surface area contributed by atoms with Crippen molar-refractivity contribution < 1.29 is 27.8 Å². The van der Waals surface area contributed by atoms with Gasteiger partial charge in [-0.2, -0.15) is 13.2 Å². The van der Waals surface area contributed by atoms with E-state index < -0.39 is 23.8 Å². The summed E-state index contributed by atoms with van der Waals surface area (Å²) in [6.45, 7) is 1.59. The van der Waals surface area contributed by atoms with Gasteiger partial charge in [-0.1, -0.05) is 17.5 Å². The van der Waals surface area contributed by atoms with Crippen LogP contribution < -0.4 is 4.74 Å². The molecule has 0 aliphatic carbocycles. The van der Waals surface area contributed by atoms with Crippen LogP contribution in [0.25, 0.3) is 6.08 Å². The van der Waals surface area contributed by atoms with Crippen LogP contribution in [0.3, 0.4) is 0 Å². The van der Waals surface area contributed by atoms with Crippen LogP contribution in [0.4, 0.5) is 13.2 Å². The molecule has 1 unspecified atom stereocenters. The van der Waals surface area contributed by atoms with E-state index in [0.29, 0.717) is 5.56 Å². The summed E-state index contributed by atoms with van der Waals surface area (Å²) in [6, 6.07) is 2.79. The number of hydrogen-bond donors (Lipinski definition) is 1. The number of benzene rings is 1. The standard InChI is InChI=1S/C14H8ClF3O3/c1-2-3-7-4-8-6-9(13(19)20)12(14(16,17)18)21-11(8)10(15)5-7/h4-6,12H,1H3,(H,19,20). The van der Waals surface area contributed by atoms with Gasteiger partial charge in [0.1, 0.15) is 5.75 Å². The zero-order valence-electron chi connectivity index (χ0n) is 10.6. The average Bonchev–Trinajstić information content (AvgIpc) is 2.36. The summed E-state index contributed by atoms with van der Waals surface area (Å²) in [6.07, 6.45) is -6.50. The van der Waals surface area contributed by atoms with E-state index in [1.165, 1.54) is 12.1 Å². The van der Waals surface area contributed by atoms with Gasteiger partial charge in [-0.15, -0.1) is 5.92 Å². The summed E-state index contributed by atoms with van der Waals surface area (Å²) in [5, 5.41) is 8.87. The van der Waals surface area contributed by atoms with Crippen LogP contribution in [0.5, 0.6) is 5.75 Å². The van der Waals surface area contributed by atoms with Crippen LogP contribution in [0.2, 0.25) is 5.02 Å². The fourth-order valence-corrected chi connectivity index (χ4v) is 2.18. The number of fused-ring (bicyclic) bond motifs is 1. The second kappa shape index (κ2) is 5.34. The van der Waals surface area contributed by atoms with Gasteiger partial charge in [0.15, 0.2) is 0 Å². The van der Waals surface area contributed by atoms with Gasteiger partial charge in [-0.25, -0.2) is 4.79 Å². The van der Waals surface area contributed by atoms with Crippen molar-refractivity contribution in [1.29, 1.82) is 0 Å². The van der Waals surface area contributed by atoms with Crippen molar-refractivity contribution in [3.8, 4) is 17.6 Å². The smallest absolute Gasteiger partial charge is 0.430 e. The Balaban J connectivity index is 2.62. The van der Waals surface area contributed by atoms with Gasteiger partial charge in [0, 0.05) is 11.1 Å². The topological polar surface area (TPSA) is 46.5 Å². The second-order valence-electron chi connectivity index (χ2n) is 4.20. The Morgan fingerprint density at radius 1 is 1.43 bits per heavy atom. The highest BCUT2D eigenvalue weighted by Crippen LogP contribution is 2.41. The first kappa shape index (κ1) is 15.3. The van der Waals surface area contributed by atoms with Gasteiger partial charge in [0.2, 0.25) is 6.10 Å². The Morgan fingerprint density at radius 2 is 2.10 bits per heavy atom. The van der Waals surface area contributed by atoms with E-state index in [-0.39, 0.29) is 16.3 Å². The first-order valence-electron chi connectivity index (χ1n) is 5.68. The molecular weight excluding hydrogens is 309 g/mol. The Bertz CT molecular complexity index is 696. The number of halogens is 4. The van der Waals surface area contributed by atoms with Crippen molar-refractivity contribution in [2.75, 3.05) is 0 Å². The molecule has 0 amide bonds. The van der Waals surface area contributed by atoms with E-state index in [2.05, 4.69) is 11.8 Å². The second-order valence-corrected chi connectivity index (χ2v) is 4.60. The Labute approximate surface area is 123 Å². The number of hydrogen-bond acceptors (Lipinski definition) is 2. The lowest BCUT2D eigenvalue weighted by Crippen LogP contribution is -2.40. The van der Waals surface area contributed by atoms with Gasteiger partial charge in [-0.05, 0) is 25.1 Å². The number of rotatable bonds is 1. The minimum absolute atomic E-state index is 0.0554. The molecule has 2 rings (SSSR count). The molecule has 1 aliphatic rings.